The number of esters is 1. The smallest absolute Gasteiger partial charge is 0.430 e. The summed E-state index contributed by atoms with van der Waals surface area (Å²) >= 11 is 15.2. The van der Waals surface area contributed by atoms with Crippen LogP contribution in [-0.4, -0.2) is 32.0 Å². The highest BCUT2D eigenvalue weighted by atomic mass is 79.9. The predicted octanol–water partition coefficient (Wildman–Crippen LogP) is 5.03. The zero-order valence-electron chi connectivity index (χ0n) is 12.3. The number of halogens is 6. The Labute approximate surface area is 153 Å². The third-order valence-corrected chi connectivity index (χ3v) is 4.99. The van der Waals surface area contributed by atoms with Crippen molar-refractivity contribution in [2.24, 2.45) is 0 Å². The molecule has 4 nitrogen and oxygen atoms in total. The number of hydrogen-bond donors (Lipinski definition) is 0. The molecule has 24 heavy (non-hydrogen) atoms. The Balaban J connectivity index is 2.73. The number of benzene rings is 1. The molecule has 1 aliphatic heterocycles. The van der Waals surface area contributed by atoms with E-state index in [1.165, 1.54) is 14.0 Å². The van der Waals surface area contributed by atoms with Crippen LogP contribution in [0, 0.1) is 0 Å². The van der Waals surface area contributed by atoms with E-state index in [1.54, 1.807) is 0 Å². The van der Waals surface area contributed by atoms with Crippen LogP contribution in [0.5, 0.6) is 11.5 Å². The van der Waals surface area contributed by atoms with Crippen LogP contribution in [0.1, 0.15) is 12.5 Å². The van der Waals surface area contributed by atoms with E-state index >= 15 is 0 Å². The van der Waals surface area contributed by atoms with Gasteiger partial charge in [-0.25, -0.2) is 4.79 Å². The number of methoxy groups -OCH3 is 1. The minimum absolute atomic E-state index is 0.0146. The van der Waals surface area contributed by atoms with E-state index in [2.05, 4.69) is 20.7 Å². The monoisotopic (exact) mass is 448 g/mol. The second kappa shape index (κ2) is 7.01. The molecule has 0 N–H and O–H groups in total. The lowest BCUT2D eigenvalue weighted by atomic mass is 10.0. The molecule has 0 saturated heterocycles. The second-order valence-electron chi connectivity index (χ2n) is 4.58. The molecule has 0 aliphatic carbocycles. The van der Waals surface area contributed by atoms with Gasteiger partial charge >= 0.3 is 12.1 Å². The molecule has 1 aliphatic rings. The van der Waals surface area contributed by atoms with Crippen molar-refractivity contribution in [2.75, 3.05) is 13.7 Å². The third-order valence-electron chi connectivity index (χ3n) is 3.10. The largest absolute Gasteiger partial charge is 0.491 e. The van der Waals surface area contributed by atoms with Crippen molar-refractivity contribution in [3.63, 3.8) is 0 Å². The van der Waals surface area contributed by atoms with Gasteiger partial charge in [-0.3, -0.25) is 0 Å². The van der Waals surface area contributed by atoms with Crippen LogP contribution in [-0.2, 0) is 9.53 Å². The number of fused-ring (bicyclic) bond motifs is 1. The van der Waals surface area contributed by atoms with Gasteiger partial charge in [0.05, 0.1) is 24.3 Å². The van der Waals surface area contributed by atoms with Gasteiger partial charge in [-0.05, 0) is 28.9 Å². The molecule has 0 amide bonds. The fourth-order valence-corrected chi connectivity index (χ4v) is 3.15. The summed E-state index contributed by atoms with van der Waals surface area (Å²) in [5.74, 6) is -1.56. The van der Waals surface area contributed by atoms with Gasteiger partial charge in [-0.2, -0.15) is 13.2 Å². The molecule has 1 unspecified atom stereocenters. The Kier molecular flexibility index (Phi) is 5.61. The van der Waals surface area contributed by atoms with Crippen molar-refractivity contribution in [1.82, 2.24) is 0 Å². The summed E-state index contributed by atoms with van der Waals surface area (Å²) in [5, 5.41) is -0.0977. The Morgan fingerprint density at radius 1 is 1.38 bits per heavy atom. The van der Waals surface area contributed by atoms with Crippen molar-refractivity contribution >= 4 is 51.2 Å². The van der Waals surface area contributed by atoms with Crippen molar-refractivity contribution in [3.05, 3.63) is 25.7 Å². The number of hydrogen-bond acceptors (Lipinski definition) is 4. The molecule has 0 bridgehead atoms. The molecule has 0 aromatic heterocycles. The first kappa shape index (κ1) is 19.2. The van der Waals surface area contributed by atoms with E-state index < -0.39 is 23.8 Å². The van der Waals surface area contributed by atoms with E-state index in [0.717, 1.165) is 6.08 Å². The molecule has 1 aromatic rings. The predicted molar refractivity (Wildman–Crippen MR) is 85.8 cm³/mol. The standard InChI is InChI=1S/C14H10BrCl2F3O4/c1-3-23-13(21)6-4-5-7(15)8(16)9(17)11(22-2)10(5)24-12(6)14(18,19)20/h4,12H,3H2,1-2H3. The molecule has 10 heteroatoms. The van der Waals surface area contributed by atoms with E-state index in [-0.39, 0.29) is 38.2 Å². The molecule has 1 heterocycles. The van der Waals surface area contributed by atoms with Crippen LogP contribution in [0.25, 0.3) is 6.08 Å². The number of alkyl halides is 3. The molecule has 0 spiro atoms. The van der Waals surface area contributed by atoms with Crippen LogP contribution >= 0.6 is 39.1 Å². The maximum absolute atomic E-state index is 13.3. The summed E-state index contributed by atoms with van der Waals surface area (Å²) in [7, 11) is 1.21. The minimum Gasteiger partial charge on any atom is -0.491 e. The highest BCUT2D eigenvalue weighted by molar-refractivity contribution is 9.10. The van der Waals surface area contributed by atoms with E-state index in [0.29, 0.717) is 0 Å². The molecular formula is C14H10BrCl2F3O4. The SMILES string of the molecule is CCOC(=O)C1=Cc2c(Br)c(Cl)c(Cl)c(OC)c2OC1C(F)(F)F. The zero-order valence-corrected chi connectivity index (χ0v) is 15.4. The normalized spacial score (nSPS) is 16.8. The summed E-state index contributed by atoms with van der Waals surface area (Å²) in [6.45, 7) is 1.40. The molecule has 1 aromatic carbocycles. The first-order chi connectivity index (χ1) is 11.1. The van der Waals surface area contributed by atoms with Crippen LogP contribution < -0.4 is 9.47 Å². The number of carbonyl (C=O) groups excluding carboxylic acids is 1. The first-order valence-electron chi connectivity index (χ1n) is 6.49. The van der Waals surface area contributed by atoms with Crippen molar-refractivity contribution in [2.45, 2.75) is 19.2 Å². The van der Waals surface area contributed by atoms with E-state index in [4.69, 9.17) is 32.7 Å². The molecular weight excluding hydrogens is 440 g/mol. The lowest BCUT2D eigenvalue weighted by molar-refractivity contribution is -0.188. The second-order valence-corrected chi connectivity index (χ2v) is 6.13. The molecule has 132 valence electrons. The van der Waals surface area contributed by atoms with Crippen LogP contribution in [0.4, 0.5) is 13.2 Å². The minimum atomic E-state index is -4.85. The van der Waals surface area contributed by atoms with Crippen molar-refractivity contribution in [3.8, 4) is 11.5 Å². The van der Waals surface area contributed by atoms with Crippen LogP contribution in [0.3, 0.4) is 0 Å². The quantitative estimate of drug-likeness (QED) is 0.479. The molecule has 0 fully saturated rings. The summed E-state index contributed by atoms with van der Waals surface area (Å²) in [5.41, 5.74) is -0.595. The van der Waals surface area contributed by atoms with Gasteiger partial charge in [0.1, 0.15) is 5.02 Å². The van der Waals surface area contributed by atoms with Gasteiger partial charge < -0.3 is 14.2 Å². The fraction of sp³-hybridized carbons (Fsp3) is 0.357. The average molecular weight is 450 g/mol. The first-order valence-corrected chi connectivity index (χ1v) is 8.04. The highest BCUT2D eigenvalue weighted by Gasteiger charge is 2.50. The third kappa shape index (κ3) is 3.32. The number of ether oxygens (including phenoxy) is 3. The van der Waals surface area contributed by atoms with Gasteiger partial charge in [0.2, 0.25) is 6.10 Å². The van der Waals surface area contributed by atoms with Gasteiger partial charge in [-0.15, -0.1) is 0 Å². The maximum atomic E-state index is 13.3. The van der Waals surface area contributed by atoms with Gasteiger partial charge in [-0.1, -0.05) is 23.2 Å². The Bertz CT molecular complexity index is 719. The van der Waals surface area contributed by atoms with Crippen LogP contribution in [0.15, 0.2) is 10.0 Å². The molecule has 2 rings (SSSR count). The zero-order chi connectivity index (χ0) is 18.2. The lowest BCUT2D eigenvalue weighted by Crippen LogP contribution is -2.41. The molecule has 1 atom stereocenters. The summed E-state index contributed by atoms with van der Waals surface area (Å²) in [6.07, 6.45) is -6.36. The average Bonchev–Trinajstić information content (AvgIpc) is 2.51. The summed E-state index contributed by atoms with van der Waals surface area (Å²) < 4.78 is 54.8. The van der Waals surface area contributed by atoms with E-state index in [1.807, 2.05) is 0 Å². The number of carbonyl (C=O) groups is 1. The van der Waals surface area contributed by atoms with Crippen molar-refractivity contribution < 1.29 is 32.2 Å². The Morgan fingerprint density at radius 2 is 2.00 bits per heavy atom. The lowest BCUT2D eigenvalue weighted by Gasteiger charge is -2.29. The van der Waals surface area contributed by atoms with Crippen molar-refractivity contribution in [1.29, 1.82) is 0 Å². The van der Waals surface area contributed by atoms with E-state index in [9.17, 15) is 18.0 Å². The number of rotatable bonds is 3. The summed E-state index contributed by atoms with van der Waals surface area (Å²) in [4.78, 5) is 11.9. The van der Waals surface area contributed by atoms with Gasteiger partial charge in [0, 0.05) is 10.0 Å². The summed E-state index contributed by atoms with van der Waals surface area (Å²) in [6, 6.07) is 0. The topological polar surface area (TPSA) is 44.8 Å². The molecule has 0 saturated carbocycles. The Hall–Kier alpha value is -1.12. The van der Waals surface area contributed by atoms with Gasteiger partial charge in [0.15, 0.2) is 11.5 Å². The fourth-order valence-electron chi connectivity index (χ4n) is 2.10. The Morgan fingerprint density at radius 3 is 2.50 bits per heavy atom. The van der Waals surface area contributed by atoms with Gasteiger partial charge in [0.25, 0.3) is 0 Å². The maximum Gasteiger partial charge on any atom is 0.430 e. The highest BCUT2D eigenvalue weighted by Crippen LogP contribution is 2.52. The molecule has 0 radical (unpaired) electrons. The van der Waals surface area contributed by atoms with Crippen LogP contribution in [0.2, 0.25) is 10.0 Å².